The largest absolute Gasteiger partial charge is 0.383 e. The van der Waals surface area contributed by atoms with E-state index in [-0.39, 0.29) is 34.9 Å². The molecule has 2 saturated heterocycles. The summed E-state index contributed by atoms with van der Waals surface area (Å²) in [6, 6.07) is 17.8. The quantitative estimate of drug-likeness (QED) is 0.199. The van der Waals surface area contributed by atoms with Crippen molar-refractivity contribution in [2.75, 3.05) is 10.0 Å². The van der Waals surface area contributed by atoms with Gasteiger partial charge in [0.2, 0.25) is 0 Å². The molecule has 0 radical (unpaired) electrons. The molecule has 232 valence electrons. The van der Waals surface area contributed by atoms with Gasteiger partial charge < -0.3 is 19.3 Å². The van der Waals surface area contributed by atoms with Crippen LogP contribution in [0, 0.1) is 11.6 Å². The highest BCUT2D eigenvalue weighted by Crippen LogP contribution is 2.48. The van der Waals surface area contributed by atoms with E-state index in [4.69, 9.17) is 16.1 Å². The van der Waals surface area contributed by atoms with Crippen LogP contribution in [0.25, 0.3) is 16.8 Å². The molecular weight excluding hydrogens is 628 g/mol. The summed E-state index contributed by atoms with van der Waals surface area (Å²) in [5.41, 5.74) is -0.0624. The van der Waals surface area contributed by atoms with Crippen molar-refractivity contribution in [3.8, 4) is 11.3 Å². The summed E-state index contributed by atoms with van der Waals surface area (Å²) in [7, 11) is -4.23. The number of benzene rings is 2. The summed E-state index contributed by atoms with van der Waals surface area (Å²) in [6.07, 6.45) is 2.81. The second kappa shape index (κ2) is 10.9. The van der Waals surface area contributed by atoms with Gasteiger partial charge in [-0.1, -0.05) is 53.2 Å². The zero-order valence-corrected chi connectivity index (χ0v) is 25.0. The number of aliphatic hydroxyl groups is 1. The third-order valence-electron chi connectivity index (χ3n) is 8.43. The minimum absolute atomic E-state index is 0.0108. The van der Waals surface area contributed by atoms with Crippen molar-refractivity contribution < 1.29 is 31.6 Å². The van der Waals surface area contributed by atoms with Gasteiger partial charge in [-0.15, -0.1) is 0 Å². The van der Waals surface area contributed by atoms with E-state index in [0.717, 1.165) is 17.7 Å². The molecule has 7 rings (SSSR count). The Balaban J connectivity index is 1.15. The molecular formula is C31H26ClF2N5O5S. The topological polar surface area (TPSA) is 129 Å². The third-order valence-corrected chi connectivity index (χ3v) is 10.4. The maximum Gasteiger partial charge on any atom is 0.302 e. The van der Waals surface area contributed by atoms with Gasteiger partial charge in [0.1, 0.15) is 17.0 Å². The molecule has 2 bridgehead atoms. The smallest absolute Gasteiger partial charge is 0.302 e. The van der Waals surface area contributed by atoms with Crippen LogP contribution in [-0.2, 0) is 15.8 Å². The molecule has 0 aliphatic carbocycles. The summed E-state index contributed by atoms with van der Waals surface area (Å²) in [5, 5.41) is 18.1. The van der Waals surface area contributed by atoms with Crippen molar-refractivity contribution >= 4 is 44.6 Å². The summed E-state index contributed by atoms with van der Waals surface area (Å²) >= 11 is 6.66. The Morgan fingerprint density at radius 1 is 1.00 bits per heavy atom. The van der Waals surface area contributed by atoms with Gasteiger partial charge in [-0.25, -0.2) is 8.78 Å². The van der Waals surface area contributed by atoms with E-state index in [1.165, 1.54) is 21.0 Å². The lowest BCUT2D eigenvalue weighted by Crippen LogP contribution is -2.53. The number of hydrogen-bond donors (Lipinski definition) is 3. The van der Waals surface area contributed by atoms with Crippen LogP contribution in [0.3, 0.4) is 0 Å². The zero-order valence-electron chi connectivity index (χ0n) is 23.5. The van der Waals surface area contributed by atoms with E-state index in [0.29, 0.717) is 29.8 Å². The predicted molar refractivity (Wildman–Crippen MR) is 163 cm³/mol. The van der Waals surface area contributed by atoms with Crippen molar-refractivity contribution in [1.29, 1.82) is 0 Å². The molecule has 1 amide bonds. The van der Waals surface area contributed by atoms with Crippen LogP contribution in [0.5, 0.6) is 0 Å². The first-order valence-corrected chi connectivity index (χ1v) is 16.0. The second-order valence-corrected chi connectivity index (χ2v) is 13.2. The lowest BCUT2D eigenvalue weighted by Gasteiger charge is -2.41. The Hall–Kier alpha value is -4.30. The molecule has 2 aliphatic heterocycles. The summed E-state index contributed by atoms with van der Waals surface area (Å²) in [4.78, 5) is 13.3. The average Bonchev–Trinajstić information content (AvgIpc) is 3.70. The van der Waals surface area contributed by atoms with Gasteiger partial charge in [0.15, 0.2) is 17.4 Å². The highest BCUT2D eigenvalue weighted by atomic mass is 35.5. The molecule has 2 aromatic carbocycles. The number of halogens is 3. The van der Waals surface area contributed by atoms with Crippen LogP contribution in [0.4, 0.5) is 20.2 Å². The minimum Gasteiger partial charge on any atom is -0.383 e. The van der Waals surface area contributed by atoms with Crippen LogP contribution in [0.1, 0.15) is 41.9 Å². The summed E-state index contributed by atoms with van der Waals surface area (Å²) in [5.74, 6) is -2.47. The first-order valence-electron chi connectivity index (χ1n) is 14.2. The van der Waals surface area contributed by atoms with Crippen molar-refractivity contribution in [2.45, 2.75) is 43.4 Å². The van der Waals surface area contributed by atoms with Crippen LogP contribution in [0.15, 0.2) is 83.5 Å². The maximum atomic E-state index is 13.9. The number of hydrogen-bond acceptors (Lipinski definition) is 6. The number of amides is 1. The number of pyridine rings is 1. The van der Waals surface area contributed by atoms with Gasteiger partial charge in [-0.2, -0.15) is 12.7 Å². The van der Waals surface area contributed by atoms with Gasteiger partial charge in [-0.3, -0.25) is 9.52 Å². The number of nitrogens with one attached hydrogen (secondary N) is 2. The van der Waals surface area contributed by atoms with E-state index in [2.05, 4.69) is 15.2 Å². The Bertz CT molecular complexity index is 2040. The van der Waals surface area contributed by atoms with E-state index >= 15 is 0 Å². The fourth-order valence-electron chi connectivity index (χ4n) is 6.45. The fourth-order valence-corrected chi connectivity index (χ4v) is 8.54. The first kappa shape index (κ1) is 29.4. The molecule has 2 aliphatic rings. The van der Waals surface area contributed by atoms with Gasteiger partial charge in [0.05, 0.1) is 16.2 Å². The van der Waals surface area contributed by atoms with Gasteiger partial charge in [0.25, 0.3) is 5.91 Å². The normalized spacial score (nSPS) is 21.7. The molecule has 3 N–H and O–H groups in total. The number of anilines is 2. The highest BCUT2D eigenvalue weighted by molar-refractivity contribution is 7.90. The summed E-state index contributed by atoms with van der Waals surface area (Å²) in [6.45, 7) is 0. The second-order valence-electron chi connectivity index (χ2n) is 11.3. The van der Waals surface area contributed by atoms with Gasteiger partial charge >= 0.3 is 10.2 Å². The molecule has 3 aromatic heterocycles. The fraction of sp³-hybridized carbons (Fsp3) is 0.226. The van der Waals surface area contributed by atoms with E-state index < -0.39 is 45.4 Å². The standard InChI is InChI=1S/C31H26ClF2N5O5S/c32-27-28(24-8-4-5-13-38(24)29(27)30(40)35-19-9-12-22(33)23(34)14-19)37-45(42,43)39-20-10-11-21(39)17-31(41,16-20)26-15-25(44-36-26)18-6-2-1-3-7-18/h1-9,12-15,20-21,37,41H,10-11,16-17H2,(H,35,40). The Labute approximate surface area is 261 Å². The van der Waals surface area contributed by atoms with Gasteiger partial charge in [-0.05, 0) is 49.9 Å². The zero-order chi connectivity index (χ0) is 31.5. The van der Waals surface area contributed by atoms with Crippen LogP contribution >= 0.6 is 11.6 Å². The molecule has 45 heavy (non-hydrogen) atoms. The van der Waals surface area contributed by atoms with E-state index in [1.54, 1.807) is 24.3 Å². The van der Waals surface area contributed by atoms with E-state index in [1.807, 2.05) is 30.3 Å². The van der Waals surface area contributed by atoms with Crippen LogP contribution in [-0.4, -0.2) is 45.4 Å². The molecule has 5 heterocycles. The van der Waals surface area contributed by atoms with E-state index in [9.17, 15) is 27.1 Å². The number of fused-ring (bicyclic) bond motifs is 3. The Morgan fingerprint density at radius 3 is 2.42 bits per heavy atom. The van der Waals surface area contributed by atoms with Crippen molar-refractivity contribution in [1.82, 2.24) is 13.9 Å². The lowest BCUT2D eigenvalue weighted by molar-refractivity contribution is -0.0391. The number of aromatic nitrogens is 2. The number of nitrogens with zero attached hydrogens (tertiary/aromatic N) is 3. The third kappa shape index (κ3) is 5.15. The van der Waals surface area contributed by atoms with Crippen molar-refractivity contribution in [2.24, 2.45) is 0 Å². The average molecular weight is 654 g/mol. The number of rotatable bonds is 7. The molecule has 2 unspecified atom stereocenters. The van der Waals surface area contributed by atoms with Crippen molar-refractivity contribution in [3.63, 3.8) is 0 Å². The molecule has 5 aromatic rings. The molecule has 0 spiro atoms. The maximum absolute atomic E-state index is 13.9. The van der Waals surface area contributed by atoms with Crippen molar-refractivity contribution in [3.05, 3.63) is 107 Å². The van der Waals surface area contributed by atoms with Crippen LogP contribution in [0.2, 0.25) is 5.02 Å². The first-order chi connectivity index (χ1) is 21.5. The number of carbonyl (C=O) groups is 1. The SMILES string of the molecule is O=C(Nc1ccc(F)c(F)c1)c1c(Cl)c(NS(=O)(=O)N2C3CCC2CC(O)(c2cc(-c4ccccc4)on2)C3)c2ccccn12. The molecule has 10 nitrogen and oxygen atoms in total. The molecule has 2 atom stereocenters. The Morgan fingerprint density at radius 2 is 1.71 bits per heavy atom. The lowest BCUT2D eigenvalue weighted by atomic mass is 9.84. The minimum atomic E-state index is -4.23. The van der Waals surface area contributed by atoms with Crippen LogP contribution < -0.4 is 10.0 Å². The highest BCUT2D eigenvalue weighted by Gasteiger charge is 2.54. The number of carbonyl (C=O) groups excluding carboxylic acids is 1. The Kier molecular flexibility index (Phi) is 7.15. The summed E-state index contributed by atoms with van der Waals surface area (Å²) < 4.78 is 65.9. The molecule has 14 heteroatoms. The molecule has 2 fully saturated rings. The molecule has 0 saturated carbocycles. The monoisotopic (exact) mass is 653 g/mol. The number of piperidine rings is 1. The predicted octanol–water partition coefficient (Wildman–Crippen LogP) is 5.95. The van der Waals surface area contributed by atoms with Gasteiger partial charge in [0, 0.05) is 41.7 Å².